The van der Waals surface area contributed by atoms with Crippen LogP contribution in [0.1, 0.15) is 25.5 Å². The first-order chi connectivity index (χ1) is 7.71. The number of aromatic nitrogens is 2. The van der Waals surface area contributed by atoms with Gasteiger partial charge in [-0.1, -0.05) is 0 Å². The van der Waals surface area contributed by atoms with Crippen LogP contribution in [0, 0.1) is 0 Å². The minimum Gasteiger partial charge on any atom is -0.349 e. The number of hydrogen-bond donors (Lipinski definition) is 2. The topological polar surface area (TPSA) is 66.9 Å². The molecule has 0 bridgehead atoms. The molecular weight excluding hydrogens is 204 g/mol. The van der Waals surface area contributed by atoms with Gasteiger partial charge >= 0.3 is 0 Å². The second kappa shape index (κ2) is 4.57. The molecule has 1 aliphatic heterocycles. The molecule has 5 nitrogen and oxygen atoms in total. The molecule has 5 heteroatoms. The maximum Gasteiger partial charge on any atom is 0.240 e. The SMILES string of the molecule is CC1(C(=O)NCc2cccnn2)CCCN1. The zero-order valence-corrected chi connectivity index (χ0v) is 9.36. The molecule has 0 aromatic carbocycles. The highest BCUT2D eigenvalue weighted by atomic mass is 16.2. The molecule has 1 aliphatic rings. The Hall–Kier alpha value is -1.49. The van der Waals surface area contributed by atoms with Crippen LogP contribution in [0.25, 0.3) is 0 Å². The van der Waals surface area contributed by atoms with Crippen LogP contribution in [0.2, 0.25) is 0 Å². The fourth-order valence-electron chi connectivity index (χ4n) is 1.88. The Morgan fingerprint density at radius 1 is 1.69 bits per heavy atom. The quantitative estimate of drug-likeness (QED) is 0.765. The summed E-state index contributed by atoms with van der Waals surface area (Å²) in [5.41, 5.74) is 0.361. The molecule has 86 valence electrons. The molecule has 0 saturated carbocycles. The molecular formula is C11H16N4O. The van der Waals surface area contributed by atoms with E-state index in [0.29, 0.717) is 6.54 Å². The van der Waals surface area contributed by atoms with Gasteiger partial charge in [-0.25, -0.2) is 0 Å². The van der Waals surface area contributed by atoms with Crippen LogP contribution >= 0.6 is 0 Å². The molecule has 0 aliphatic carbocycles. The Bertz CT molecular complexity index is 360. The largest absolute Gasteiger partial charge is 0.349 e. The second-order valence-corrected chi connectivity index (χ2v) is 4.26. The first-order valence-electron chi connectivity index (χ1n) is 5.51. The molecule has 1 unspecified atom stereocenters. The standard InChI is InChI=1S/C11H16N4O/c1-11(5-3-6-13-11)10(16)12-8-9-4-2-7-14-15-9/h2,4,7,13H,3,5-6,8H2,1H3,(H,12,16). The van der Waals surface area contributed by atoms with Crippen molar-refractivity contribution in [2.45, 2.75) is 31.8 Å². The van der Waals surface area contributed by atoms with Gasteiger partial charge in [-0.05, 0) is 38.4 Å². The number of amides is 1. The molecule has 1 aromatic rings. The third kappa shape index (κ3) is 2.36. The van der Waals surface area contributed by atoms with Crippen LogP contribution < -0.4 is 10.6 Å². The zero-order valence-electron chi connectivity index (χ0n) is 9.36. The van der Waals surface area contributed by atoms with Crippen LogP contribution in [-0.2, 0) is 11.3 Å². The van der Waals surface area contributed by atoms with E-state index in [0.717, 1.165) is 25.1 Å². The highest BCUT2D eigenvalue weighted by Gasteiger charge is 2.35. The number of hydrogen-bond acceptors (Lipinski definition) is 4. The molecule has 1 amide bonds. The molecule has 1 fully saturated rings. The summed E-state index contributed by atoms with van der Waals surface area (Å²) in [6, 6.07) is 3.65. The molecule has 1 saturated heterocycles. The highest BCUT2D eigenvalue weighted by molar-refractivity contribution is 5.86. The summed E-state index contributed by atoms with van der Waals surface area (Å²) in [5.74, 6) is 0.0376. The summed E-state index contributed by atoms with van der Waals surface area (Å²) in [5, 5.41) is 13.8. The summed E-state index contributed by atoms with van der Waals surface area (Å²) >= 11 is 0. The van der Waals surface area contributed by atoms with Gasteiger partial charge in [-0.2, -0.15) is 10.2 Å². The van der Waals surface area contributed by atoms with Gasteiger partial charge < -0.3 is 10.6 Å². The van der Waals surface area contributed by atoms with E-state index in [1.54, 1.807) is 6.20 Å². The number of nitrogens with one attached hydrogen (secondary N) is 2. The van der Waals surface area contributed by atoms with Crippen molar-refractivity contribution in [2.75, 3.05) is 6.54 Å². The van der Waals surface area contributed by atoms with Crippen molar-refractivity contribution in [3.8, 4) is 0 Å². The summed E-state index contributed by atoms with van der Waals surface area (Å²) in [7, 11) is 0. The third-order valence-electron chi connectivity index (χ3n) is 2.93. The van der Waals surface area contributed by atoms with Gasteiger partial charge in [0.1, 0.15) is 0 Å². The predicted molar refractivity (Wildman–Crippen MR) is 59.5 cm³/mol. The average molecular weight is 220 g/mol. The Kier molecular flexibility index (Phi) is 3.14. The smallest absolute Gasteiger partial charge is 0.240 e. The van der Waals surface area contributed by atoms with E-state index < -0.39 is 5.54 Å². The molecule has 16 heavy (non-hydrogen) atoms. The fourth-order valence-corrected chi connectivity index (χ4v) is 1.88. The minimum absolute atomic E-state index is 0.0376. The summed E-state index contributed by atoms with van der Waals surface area (Å²) in [4.78, 5) is 11.9. The number of carbonyl (C=O) groups is 1. The van der Waals surface area contributed by atoms with Crippen LogP contribution in [0.15, 0.2) is 18.3 Å². The molecule has 1 atom stereocenters. The van der Waals surface area contributed by atoms with E-state index in [2.05, 4.69) is 20.8 Å². The Labute approximate surface area is 94.6 Å². The highest BCUT2D eigenvalue weighted by Crippen LogP contribution is 2.18. The van der Waals surface area contributed by atoms with Crippen molar-refractivity contribution in [1.29, 1.82) is 0 Å². The minimum atomic E-state index is -0.414. The van der Waals surface area contributed by atoms with E-state index in [4.69, 9.17) is 0 Å². The lowest BCUT2D eigenvalue weighted by atomic mass is 9.99. The lowest BCUT2D eigenvalue weighted by molar-refractivity contribution is -0.126. The van der Waals surface area contributed by atoms with E-state index in [9.17, 15) is 4.79 Å². The maximum atomic E-state index is 11.9. The van der Waals surface area contributed by atoms with Crippen molar-refractivity contribution in [2.24, 2.45) is 0 Å². The maximum absolute atomic E-state index is 11.9. The van der Waals surface area contributed by atoms with Crippen molar-refractivity contribution < 1.29 is 4.79 Å². The molecule has 2 N–H and O–H groups in total. The van der Waals surface area contributed by atoms with Gasteiger partial charge in [-0.15, -0.1) is 0 Å². The van der Waals surface area contributed by atoms with E-state index >= 15 is 0 Å². The Balaban J connectivity index is 1.89. The van der Waals surface area contributed by atoms with E-state index in [1.807, 2.05) is 19.1 Å². The van der Waals surface area contributed by atoms with E-state index in [-0.39, 0.29) is 5.91 Å². The van der Waals surface area contributed by atoms with E-state index in [1.165, 1.54) is 0 Å². The predicted octanol–water partition coefficient (Wildman–Crippen LogP) is 0.235. The number of rotatable bonds is 3. The van der Waals surface area contributed by atoms with Gasteiger partial charge in [0, 0.05) is 6.20 Å². The van der Waals surface area contributed by atoms with Gasteiger partial charge in [0.25, 0.3) is 0 Å². The second-order valence-electron chi connectivity index (χ2n) is 4.26. The van der Waals surface area contributed by atoms with Gasteiger partial charge in [0.2, 0.25) is 5.91 Å². The van der Waals surface area contributed by atoms with Crippen molar-refractivity contribution in [3.05, 3.63) is 24.0 Å². The number of nitrogens with zero attached hydrogens (tertiary/aromatic N) is 2. The van der Waals surface area contributed by atoms with Crippen LogP contribution in [0.4, 0.5) is 0 Å². The summed E-state index contributed by atoms with van der Waals surface area (Å²) in [6.45, 7) is 3.28. The van der Waals surface area contributed by atoms with Gasteiger partial charge in [0.15, 0.2) is 0 Å². The fraction of sp³-hybridized carbons (Fsp3) is 0.545. The Morgan fingerprint density at radius 2 is 2.56 bits per heavy atom. The molecule has 0 spiro atoms. The van der Waals surface area contributed by atoms with Crippen molar-refractivity contribution >= 4 is 5.91 Å². The lowest BCUT2D eigenvalue weighted by Gasteiger charge is -2.22. The average Bonchev–Trinajstić information content (AvgIpc) is 2.76. The normalized spacial score (nSPS) is 24.3. The van der Waals surface area contributed by atoms with Crippen molar-refractivity contribution in [1.82, 2.24) is 20.8 Å². The Morgan fingerprint density at radius 3 is 3.19 bits per heavy atom. The molecule has 0 radical (unpaired) electrons. The molecule has 1 aromatic heterocycles. The van der Waals surface area contributed by atoms with Crippen molar-refractivity contribution in [3.63, 3.8) is 0 Å². The monoisotopic (exact) mass is 220 g/mol. The lowest BCUT2D eigenvalue weighted by Crippen LogP contribution is -2.50. The first-order valence-corrected chi connectivity index (χ1v) is 5.51. The van der Waals surface area contributed by atoms with Gasteiger partial charge in [0.05, 0.1) is 17.8 Å². The molecule has 2 heterocycles. The first kappa shape index (κ1) is 11.0. The summed E-state index contributed by atoms with van der Waals surface area (Å²) < 4.78 is 0. The van der Waals surface area contributed by atoms with Crippen LogP contribution in [-0.4, -0.2) is 28.2 Å². The van der Waals surface area contributed by atoms with Crippen LogP contribution in [0.3, 0.4) is 0 Å². The molecule has 2 rings (SSSR count). The zero-order chi connectivity index (χ0) is 11.4. The van der Waals surface area contributed by atoms with Gasteiger partial charge in [-0.3, -0.25) is 4.79 Å². The number of carbonyl (C=O) groups excluding carboxylic acids is 1. The van der Waals surface area contributed by atoms with Crippen LogP contribution in [0.5, 0.6) is 0 Å². The third-order valence-corrected chi connectivity index (χ3v) is 2.93. The summed E-state index contributed by atoms with van der Waals surface area (Å²) in [6.07, 6.45) is 3.56.